The van der Waals surface area contributed by atoms with Gasteiger partial charge in [0, 0.05) is 87.8 Å². The van der Waals surface area contributed by atoms with E-state index in [1.54, 1.807) is 0 Å². The molecule has 8 heterocycles. The van der Waals surface area contributed by atoms with Crippen LogP contribution in [0.25, 0.3) is 79.5 Å². The SMILES string of the molecule is c1ccc(-c2nc(-c3ccccc3)nc(-c3ccc(-c4ccc5c(c4)Oc4cc(N6c7ccccc7[Si](c7ccccc7)(c7ccccc7)c7ccccc76)cc6c4B5c4ccccc4S6)cc3)n2)cc1.c1ccc(-c2nc(-c3ccccc3)nc(-c3ccc4c(c3)Oc3cc(N5c6ccccc6[Si](c6ccccc6)(c6ccccc6)c6ccccc65)cc5c3B4c3ccccc3S5)n2)cc1. The maximum Gasteiger partial charge on any atom is 0.253 e. The highest BCUT2D eigenvalue weighted by atomic mass is 32.2. The topological polar surface area (TPSA) is 102 Å². The monoisotopic (exact) mass is 1800 g/mol. The lowest BCUT2D eigenvalue weighted by Gasteiger charge is -2.45. The number of nitrogens with zero attached hydrogens (tertiary/aromatic N) is 8. The summed E-state index contributed by atoms with van der Waals surface area (Å²) in [4.78, 5) is 39.9. The summed E-state index contributed by atoms with van der Waals surface area (Å²) in [5.74, 6) is 7.16. The first-order valence-corrected chi connectivity index (χ1v) is 51.6. The molecule has 0 N–H and O–H groups in total. The Balaban J connectivity index is 0.000000142. The third kappa shape index (κ3) is 13.4. The maximum absolute atomic E-state index is 7.23. The lowest BCUT2D eigenvalue weighted by Crippen LogP contribution is -2.77. The summed E-state index contributed by atoms with van der Waals surface area (Å²) in [6, 6.07) is 170. The van der Waals surface area contributed by atoms with E-state index in [2.05, 4.69) is 362 Å². The van der Waals surface area contributed by atoms with Crippen LogP contribution in [0.4, 0.5) is 34.1 Å². The Labute approximate surface area is 799 Å². The molecule has 19 aromatic carbocycles. The molecule has 0 atom stereocenters. The highest BCUT2D eigenvalue weighted by molar-refractivity contribution is 8.00. The van der Waals surface area contributed by atoms with E-state index >= 15 is 0 Å². The van der Waals surface area contributed by atoms with E-state index in [1.165, 1.54) is 111 Å². The molecule has 6 aliphatic heterocycles. The molecule has 10 nitrogen and oxygen atoms in total. The van der Waals surface area contributed by atoms with E-state index < -0.39 is 16.1 Å². The van der Waals surface area contributed by atoms with Gasteiger partial charge in [0.15, 0.2) is 51.1 Å². The minimum atomic E-state index is -2.78. The fourth-order valence-electron chi connectivity index (χ4n) is 21.5. The number of hydrogen-bond donors (Lipinski definition) is 0. The Kier molecular flexibility index (Phi) is 19.8. The van der Waals surface area contributed by atoms with Gasteiger partial charge in [-0.15, -0.1) is 0 Å². The number of fused-ring (bicyclic) bond motifs is 12. The van der Waals surface area contributed by atoms with E-state index in [0.29, 0.717) is 34.9 Å². The molecule has 16 heteroatoms. The zero-order valence-electron chi connectivity index (χ0n) is 73.4. The molecule has 0 saturated heterocycles. The first-order chi connectivity index (χ1) is 67.4. The zero-order chi connectivity index (χ0) is 89.8. The molecule has 636 valence electrons. The molecule has 0 saturated carbocycles. The molecule has 0 spiro atoms. The summed E-state index contributed by atoms with van der Waals surface area (Å²) in [5.41, 5.74) is 21.9. The van der Waals surface area contributed by atoms with Crippen LogP contribution < -0.4 is 93.5 Å². The number of para-hydroxylation sites is 4. The van der Waals surface area contributed by atoms with Gasteiger partial charge in [-0.25, -0.2) is 29.9 Å². The summed E-state index contributed by atoms with van der Waals surface area (Å²) in [7, 11) is -5.56. The van der Waals surface area contributed by atoms with Crippen molar-refractivity contribution in [3.05, 3.63) is 473 Å². The minimum absolute atomic E-state index is 0.0143. The molecule has 0 bridgehead atoms. The van der Waals surface area contributed by atoms with Crippen molar-refractivity contribution in [2.24, 2.45) is 0 Å². The van der Waals surface area contributed by atoms with E-state index in [0.717, 1.165) is 84.3 Å². The van der Waals surface area contributed by atoms with Crippen molar-refractivity contribution in [2.45, 2.75) is 19.6 Å². The van der Waals surface area contributed by atoms with Crippen LogP contribution in [-0.2, 0) is 0 Å². The van der Waals surface area contributed by atoms with Crippen molar-refractivity contribution in [1.29, 1.82) is 0 Å². The normalized spacial score (nSPS) is 13.6. The first kappa shape index (κ1) is 80.5. The van der Waals surface area contributed by atoms with E-state index in [4.69, 9.17) is 39.4 Å². The van der Waals surface area contributed by atoms with E-state index in [-0.39, 0.29) is 13.4 Å². The third-order valence-electron chi connectivity index (χ3n) is 27.4. The van der Waals surface area contributed by atoms with Crippen LogP contribution in [0.3, 0.4) is 0 Å². The predicted molar refractivity (Wildman–Crippen MR) is 565 cm³/mol. The lowest BCUT2D eigenvalue weighted by atomic mass is 9.35. The van der Waals surface area contributed by atoms with Gasteiger partial charge >= 0.3 is 0 Å². The van der Waals surface area contributed by atoms with Crippen LogP contribution in [0.15, 0.2) is 493 Å². The maximum atomic E-state index is 7.23. The second-order valence-electron chi connectivity index (χ2n) is 34.9. The van der Waals surface area contributed by atoms with Crippen LogP contribution in [-0.4, -0.2) is 59.5 Å². The van der Waals surface area contributed by atoms with Crippen LogP contribution in [0.2, 0.25) is 0 Å². The van der Waals surface area contributed by atoms with Gasteiger partial charge in [0.2, 0.25) is 0 Å². The highest BCUT2D eigenvalue weighted by Crippen LogP contribution is 2.49. The molecule has 0 unspecified atom stereocenters. The smallest absolute Gasteiger partial charge is 0.253 e. The number of anilines is 6. The largest absolute Gasteiger partial charge is 0.458 e. The lowest BCUT2D eigenvalue weighted by molar-refractivity contribution is 0.486. The molecule has 0 aliphatic carbocycles. The Morgan fingerprint density at radius 3 is 0.794 bits per heavy atom. The molecule has 27 rings (SSSR count). The van der Waals surface area contributed by atoms with Gasteiger partial charge < -0.3 is 19.3 Å². The molecule has 6 aliphatic rings. The van der Waals surface area contributed by atoms with Gasteiger partial charge in [-0.05, 0) is 135 Å². The van der Waals surface area contributed by atoms with Crippen LogP contribution in [0.1, 0.15) is 0 Å². The molecule has 0 amide bonds. The molecule has 21 aromatic rings. The number of ether oxygens (including phenoxy) is 2. The van der Waals surface area contributed by atoms with Crippen molar-refractivity contribution in [2.75, 3.05) is 9.80 Å². The van der Waals surface area contributed by atoms with Gasteiger partial charge in [-0.3, -0.25) is 0 Å². The van der Waals surface area contributed by atoms with Gasteiger partial charge in [0.1, 0.15) is 23.0 Å². The Bertz CT molecular complexity index is 7980. The standard InChI is InChI=1S/C63H41BN4OSSi.C57H37BN4OSSi/c1-5-19-43(20-6-1)61-65-62(44-21-7-2-8-22-44)67-63(66-61)45-35-33-42(34-36-45)46-37-38-50-54(39-46)69-55-40-47(41-57-60(55)64(50)51-27-13-16-30-56(51)70-57)68-52-28-14-17-31-58(52)71(48-23-9-3-10-24-48,49-25-11-4-12-26-49)59-32-18-15-29-53(59)68;1-5-19-38(20-6-1)55-59-56(39-21-7-2-8-22-39)61-57(60-55)40-33-34-44-48(35-40)63-49-36-41(37-51-54(49)58(44)45-27-13-16-30-50(45)64-51)62-46-28-14-17-31-52(46)65(42-23-9-3-10-24-42,43-25-11-4-12-26-43)53-32-18-15-29-47(53)62/h1-41H;1-37H. The van der Waals surface area contributed by atoms with Gasteiger partial charge in [-0.2, -0.15) is 0 Å². The molecule has 2 aromatic heterocycles. The number of hydrogen-bond acceptors (Lipinski definition) is 12. The first-order valence-electron chi connectivity index (χ1n) is 46.0. The molecule has 136 heavy (non-hydrogen) atoms. The average molecular weight is 1810 g/mol. The Hall–Kier alpha value is -16.3. The fourth-order valence-corrected chi connectivity index (χ4v) is 34.1. The number of rotatable bonds is 13. The van der Waals surface area contributed by atoms with Crippen LogP contribution in [0.5, 0.6) is 23.0 Å². The molecular formula is C120H78B2N8O2S2Si2. The second kappa shape index (κ2) is 33.4. The van der Waals surface area contributed by atoms with E-state index in [1.807, 2.05) is 145 Å². The van der Waals surface area contributed by atoms with Crippen molar-refractivity contribution in [3.63, 3.8) is 0 Å². The molecular weight excluding hydrogens is 1730 g/mol. The number of benzene rings is 19. The summed E-state index contributed by atoms with van der Waals surface area (Å²) in [6.07, 6.45) is 0. The minimum Gasteiger partial charge on any atom is -0.458 e. The summed E-state index contributed by atoms with van der Waals surface area (Å²) in [5, 5.41) is 10.9. The van der Waals surface area contributed by atoms with Crippen molar-refractivity contribution >= 4 is 161 Å². The highest BCUT2D eigenvalue weighted by Gasteiger charge is 2.52. The summed E-state index contributed by atoms with van der Waals surface area (Å²) >= 11 is 3.68. The van der Waals surface area contributed by atoms with Gasteiger partial charge in [-0.1, -0.05) is 435 Å². The van der Waals surface area contributed by atoms with E-state index in [9.17, 15) is 0 Å². The third-order valence-corrected chi connectivity index (χ3v) is 39.4. The van der Waals surface area contributed by atoms with Crippen molar-refractivity contribution in [3.8, 4) is 102 Å². The second-order valence-corrected chi connectivity index (χ2v) is 44.6. The van der Waals surface area contributed by atoms with Crippen molar-refractivity contribution in [1.82, 2.24) is 29.9 Å². The molecule has 0 radical (unpaired) electrons. The molecule has 0 fully saturated rings. The Morgan fingerprint density at radius 2 is 0.456 bits per heavy atom. The quantitative estimate of drug-likeness (QED) is 0.103. The average Bonchev–Trinajstić information content (AvgIpc) is 0.693. The Morgan fingerprint density at radius 1 is 0.199 bits per heavy atom. The zero-order valence-corrected chi connectivity index (χ0v) is 77.0. The van der Waals surface area contributed by atoms with Gasteiger partial charge in [0.25, 0.3) is 13.4 Å². The number of aromatic nitrogens is 6. The van der Waals surface area contributed by atoms with Crippen LogP contribution >= 0.6 is 23.5 Å². The fraction of sp³-hybridized carbons (Fsp3) is 0. The van der Waals surface area contributed by atoms with Crippen LogP contribution in [0, 0.1) is 0 Å². The van der Waals surface area contributed by atoms with Crippen molar-refractivity contribution < 1.29 is 9.47 Å². The van der Waals surface area contributed by atoms with Gasteiger partial charge in [0.05, 0.1) is 11.4 Å². The summed E-state index contributed by atoms with van der Waals surface area (Å²) < 4.78 is 14.4. The summed E-state index contributed by atoms with van der Waals surface area (Å²) in [6.45, 7) is 0.00449. The predicted octanol–water partition coefficient (Wildman–Crippen LogP) is 19.9.